The third-order valence-electron chi connectivity index (χ3n) is 6.02. The van der Waals surface area contributed by atoms with Crippen LogP contribution in [-0.4, -0.2) is 11.4 Å². The molecule has 3 aromatic rings. The van der Waals surface area contributed by atoms with E-state index in [1.165, 1.54) is 5.56 Å². The van der Waals surface area contributed by atoms with Gasteiger partial charge in [0.05, 0.1) is 6.26 Å². The van der Waals surface area contributed by atoms with E-state index in [-0.39, 0.29) is 16.9 Å². The van der Waals surface area contributed by atoms with Crippen molar-refractivity contribution >= 4 is 29.3 Å². The Morgan fingerprint density at radius 1 is 1.10 bits per heavy atom. The van der Waals surface area contributed by atoms with Crippen molar-refractivity contribution in [2.24, 2.45) is 0 Å². The van der Waals surface area contributed by atoms with Crippen molar-refractivity contribution in [3.8, 4) is 0 Å². The van der Waals surface area contributed by atoms with Crippen molar-refractivity contribution in [2.75, 3.05) is 4.90 Å². The molecule has 4 rings (SSSR count). The van der Waals surface area contributed by atoms with Gasteiger partial charge >= 0.3 is 0 Å². The number of nitrogens with zero attached hydrogens (tertiary/aromatic N) is 1. The predicted octanol–water partition coefficient (Wildman–Crippen LogP) is 6.78. The van der Waals surface area contributed by atoms with Gasteiger partial charge in [-0.05, 0) is 80.3 Å². The fraction of sp³-hybridized carbons (Fsp3) is 0.269. The summed E-state index contributed by atoms with van der Waals surface area (Å²) in [5.74, 6) is 0.607. The Bertz CT molecular complexity index is 1100. The van der Waals surface area contributed by atoms with Gasteiger partial charge in [-0.3, -0.25) is 4.79 Å². The summed E-state index contributed by atoms with van der Waals surface area (Å²) in [7, 11) is 0. The first kappa shape index (κ1) is 20.5. The molecule has 154 valence electrons. The summed E-state index contributed by atoms with van der Waals surface area (Å²) in [6.07, 6.45) is 5.71. The quantitative estimate of drug-likeness (QED) is 0.438. The number of aryl methyl sites for hydroxylation is 1. The van der Waals surface area contributed by atoms with Crippen LogP contribution in [0.3, 0.4) is 0 Å². The molecule has 0 saturated carbocycles. The van der Waals surface area contributed by atoms with Crippen molar-refractivity contribution < 1.29 is 9.21 Å². The number of hydrogen-bond acceptors (Lipinski definition) is 2. The second-order valence-electron chi connectivity index (χ2n) is 8.87. The fourth-order valence-electron chi connectivity index (χ4n) is 4.77. The van der Waals surface area contributed by atoms with Crippen LogP contribution in [0.25, 0.3) is 6.08 Å². The lowest BCUT2D eigenvalue weighted by Crippen LogP contribution is -2.55. The molecule has 0 aliphatic carbocycles. The fourth-order valence-corrected chi connectivity index (χ4v) is 4.89. The Morgan fingerprint density at radius 2 is 1.83 bits per heavy atom. The maximum atomic E-state index is 13.4. The van der Waals surface area contributed by atoms with E-state index in [0.29, 0.717) is 5.76 Å². The van der Waals surface area contributed by atoms with E-state index in [4.69, 9.17) is 16.0 Å². The minimum absolute atomic E-state index is 0.0543. The minimum atomic E-state index is -0.389. The maximum absolute atomic E-state index is 13.4. The number of amides is 1. The summed E-state index contributed by atoms with van der Waals surface area (Å²) in [5.41, 5.74) is 3.80. The zero-order chi connectivity index (χ0) is 21.5. The summed E-state index contributed by atoms with van der Waals surface area (Å²) in [6.45, 7) is 8.58. The smallest absolute Gasteiger partial charge is 0.251 e. The van der Waals surface area contributed by atoms with Crippen LogP contribution in [0.15, 0.2) is 71.4 Å². The predicted molar refractivity (Wildman–Crippen MR) is 123 cm³/mol. The lowest BCUT2D eigenvalue weighted by molar-refractivity contribution is -0.115. The minimum Gasteiger partial charge on any atom is -0.465 e. The largest absolute Gasteiger partial charge is 0.465 e. The van der Waals surface area contributed by atoms with Crippen LogP contribution in [-0.2, 0) is 10.2 Å². The molecule has 30 heavy (non-hydrogen) atoms. The molecule has 0 fully saturated rings. The molecule has 1 aliphatic rings. The number of fused-ring (bicyclic) bond motifs is 1. The lowest BCUT2D eigenvalue weighted by Gasteiger charge is -2.51. The molecule has 3 nitrogen and oxygen atoms in total. The molecular formula is C26H26ClNO2. The zero-order valence-electron chi connectivity index (χ0n) is 17.8. The molecule has 0 saturated heterocycles. The van der Waals surface area contributed by atoms with Crippen molar-refractivity contribution in [3.05, 3.63) is 94.4 Å². The van der Waals surface area contributed by atoms with Crippen LogP contribution in [0, 0.1) is 6.92 Å². The average Bonchev–Trinajstić information content (AvgIpc) is 3.19. The standard InChI is InChI=1S/C26H26ClNO2/c1-18-7-13-22-23(16-18)28(24(29)14-12-21-6-5-15-30-21)25(2,3)17-26(22,4)19-8-10-20(27)11-9-19/h5-16H,17H2,1-4H3/b14-12+/t26-/m0/s1. The first-order valence-electron chi connectivity index (χ1n) is 10.1. The highest BCUT2D eigenvalue weighted by atomic mass is 35.5. The summed E-state index contributed by atoms with van der Waals surface area (Å²) < 4.78 is 5.34. The number of halogens is 1. The molecule has 0 N–H and O–H groups in total. The number of hydrogen-bond donors (Lipinski definition) is 0. The highest BCUT2D eigenvalue weighted by Gasteiger charge is 2.47. The molecule has 2 heterocycles. The number of carbonyl (C=O) groups is 1. The van der Waals surface area contributed by atoms with Crippen LogP contribution >= 0.6 is 11.6 Å². The van der Waals surface area contributed by atoms with Gasteiger partial charge in [-0.15, -0.1) is 0 Å². The van der Waals surface area contributed by atoms with Gasteiger partial charge in [-0.2, -0.15) is 0 Å². The Morgan fingerprint density at radius 3 is 2.50 bits per heavy atom. The molecule has 4 heteroatoms. The van der Waals surface area contributed by atoms with Gasteiger partial charge in [0.25, 0.3) is 5.91 Å². The van der Waals surface area contributed by atoms with Gasteiger partial charge < -0.3 is 9.32 Å². The molecule has 0 bridgehead atoms. The normalized spacial score (nSPS) is 20.4. The number of rotatable bonds is 3. The van der Waals surface area contributed by atoms with E-state index in [0.717, 1.165) is 28.3 Å². The maximum Gasteiger partial charge on any atom is 0.251 e. The van der Waals surface area contributed by atoms with E-state index < -0.39 is 0 Å². The molecule has 1 aliphatic heterocycles. The number of benzene rings is 2. The number of furan rings is 1. The average molecular weight is 420 g/mol. The molecular weight excluding hydrogens is 394 g/mol. The van der Waals surface area contributed by atoms with Gasteiger partial charge in [0, 0.05) is 27.7 Å². The van der Waals surface area contributed by atoms with Crippen LogP contribution in [0.4, 0.5) is 5.69 Å². The molecule has 0 unspecified atom stereocenters. The monoisotopic (exact) mass is 419 g/mol. The summed E-state index contributed by atoms with van der Waals surface area (Å²) in [6, 6.07) is 18.1. The Balaban J connectivity index is 1.83. The topological polar surface area (TPSA) is 33.5 Å². The van der Waals surface area contributed by atoms with Crippen molar-refractivity contribution in [1.82, 2.24) is 0 Å². The Kier molecular flexibility index (Phi) is 5.11. The summed E-state index contributed by atoms with van der Waals surface area (Å²) in [4.78, 5) is 15.3. The van der Waals surface area contributed by atoms with Crippen LogP contribution in [0.1, 0.15) is 49.6 Å². The Hall–Kier alpha value is -2.78. The molecule has 2 aromatic carbocycles. The van der Waals surface area contributed by atoms with Gasteiger partial charge in [0.2, 0.25) is 0 Å². The lowest BCUT2D eigenvalue weighted by atomic mass is 9.65. The molecule has 0 radical (unpaired) electrons. The van der Waals surface area contributed by atoms with Gasteiger partial charge in [0.15, 0.2) is 0 Å². The summed E-state index contributed by atoms with van der Waals surface area (Å²) >= 11 is 6.15. The van der Waals surface area contributed by atoms with E-state index >= 15 is 0 Å². The van der Waals surface area contributed by atoms with Gasteiger partial charge in [-0.1, -0.05) is 42.8 Å². The second-order valence-corrected chi connectivity index (χ2v) is 9.31. The van der Waals surface area contributed by atoms with Crippen LogP contribution < -0.4 is 4.90 Å². The highest BCUT2D eigenvalue weighted by Crippen LogP contribution is 2.50. The number of anilines is 1. The molecule has 1 atom stereocenters. The Labute approximate surface area is 183 Å². The van der Waals surface area contributed by atoms with Crippen molar-refractivity contribution in [2.45, 2.75) is 45.1 Å². The van der Waals surface area contributed by atoms with E-state index in [1.807, 2.05) is 29.2 Å². The van der Waals surface area contributed by atoms with E-state index in [2.05, 4.69) is 58.0 Å². The summed E-state index contributed by atoms with van der Waals surface area (Å²) in [5, 5.41) is 0.724. The first-order valence-corrected chi connectivity index (χ1v) is 10.5. The van der Waals surface area contributed by atoms with Crippen molar-refractivity contribution in [3.63, 3.8) is 0 Å². The van der Waals surface area contributed by atoms with Crippen LogP contribution in [0.2, 0.25) is 5.02 Å². The van der Waals surface area contributed by atoms with Crippen LogP contribution in [0.5, 0.6) is 0 Å². The number of carbonyl (C=O) groups excluding carboxylic acids is 1. The molecule has 1 amide bonds. The van der Waals surface area contributed by atoms with Crippen molar-refractivity contribution in [1.29, 1.82) is 0 Å². The highest BCUT2D eigenvalue weighted by molar-refractivity contribution is 6.30. The SMILES string of the molecule is Cc1ccc2c(c1)N(C(=O)/C=C/c1ccco1)C(C)(C)C[C@@]2(C)c1ccc(Cl)cc1. The molecule has 0 spiro atoms. The zero-order valence-corrected chi connectivity index (χ0v) is 18.5. The third kappa shape index (κ3) is 3.59. The first-order chi connectivity index (χ1) is 14.2. The second kappa shape index (κ2) is 7.48. The molecule has 1 aromatic heterocycles. The van der Waals surface area contributed by atoms with E-state index in [1.54, 1.807) is 18.4 Å². The van der Waals surface area contributed by atoms with Gasteiger partial charge in [0.1, 0.15) is 5.76 Å². The van der Waals surface area contributed by atoms with E-state index in [9.17, 15) is 4.79 Å². The van der Waals surface area contributed by atoms with Gasteiger partial charge in [-0.25, -0.2) is 0 Å². The third-order valence-corrected chi connectivity index (χ3v) is 6.27.